The molecule has 2 nitrogen and oxygen atoms in total. The fourth-order valence-corrected chi connectivity index (χ4v) is 1.16. The first-order valence-corrected chi connectivity index (χ1v) is 4.70. The zero-order chi connectivity index (χ0) is 9.84. The number of aryl methyl sites for hydroxylation is 1. The van der Waals surface area contributed by atoms with Crippen molar-refractivity contribution < 1.29 is 5.11 Å². The van der Waals surface area contributed by atoms with Crippen LogP contribution in [0.1, 0.15) is 25.2 Å². The van der Waals surface area contributed by atoms with Crippen molar-refractivity contribution in [3.63, 3.8) is 0 Å². The van der Waals surface area contributed by atoms with E-state index in [2.05, 4.69) is 4.98 Å². The lowest BCUT2D eigenvalue weighted by molar-refractivity contribution is 0.124. The van der Waals surface area contributed by atoms with E-state index in [4.69, 9.17) is 0 Å². The molecule has 0 aliphatic heterocycles. The lowest BCUT2D eigenvalue weighted by atomic mass is 10.0. The molecule has 0 bridgehead atoms. The van der Waals surface area contributed by atoms with Gasteiger partial charge >= 0.3 is 0 Å². The van der Waals surface area contributed by atoms with Crippen molar-refractivity contribution in [3.05, 3.63) is 29.6 Å². The molecule has 1 atom stereocenters. The molecule has 1 rings (SSSR count). The van der Waals surface area contributed by atoms with Crippen LogP contribution in [0.25, 0.3) is 0 Å². The standard InChI is InChI=1S/C11H17NO/c1-8(2)11(13)7-10-6-4-5-9(3)12-10/h4-6,8,11,13H,7H2,1-3H3. The molecule has 1 aromatic heterocycles. The van der Waals surface area contributed by atoms with Crippen LogP contribution in [-0.4, -0.2) is 16.2 Å². The van der Waals surface area contributed by atoms with Crippen LogP contribution in [-0.2, 0) is 6.42 Å². The van der Waals surface area contributed by atoms with Gasteiger partial charge in [-0.3, -0.25) is 4.98 Å². The molecule has 2 heteroatoms. The third-order valence-corrected chi connectivity index (χ3v) is 2.13. The van der Waals surface area contributed by atoms with E-state index in [-0.39, 0.29) is 6.10 Å². The quantitative estimate of drug-likeness (QED) is 0.769. The van der Waals surface area contributed by atoms with E-state index in [1.165, 1.54) is 0 Å². The number of aliphatic hydroxyl groups is 1. The summed E-state index contributed by atoms with van der Waals surface area (Å²) in [6.45, 7) is 5.99. The Morgan fingerprint density at radius 2 is 2.08 bits per heavy atom. The molecule has 0 radical (unpaired) electrons. The minimum absolute atomic E-state index is 0.283. The molecule has 0 aliphatic rings. The van der Waals surface area contributed by atoms with Crippen molar-refractivity contribution in [2.75, 3.05) is 0 Å². The molecule has 72 valence electrons. The van der Waals surface area contributed by atoms with Crippen molar-refractivity contribution >= 4 is 0 Å². The van der Waals surface area contributed by atoms with Gasteiger partial charge in [0.2, 0.25) is 0 Å². The van der Waals surface area contributed by atoms with Crippen molar-refractivity contribution in [3.8, 4) is 0 Å². The minimum Gasteiger partial charge on any atom is -0.392 e. The van der Waals surface area contributed by atoms with Crippen LogP contribution >= 0.6 is 0 Å². The zero-order valence-electron chi connectivity index (χ0n) is 8.49. The topological polar surface area (TPSA) is 33.1 Å². The summed E-state index contributed by atoms with van der Waals surface area (Å²) in [5.41, 5.74) is 1.98. The third kappa shape index (κ3) is 3.15. The molecule has 0 fully saturated rings. The maximum absolute atomic E-state index is 9.63. The molecule has 1 N–H and O–H groups in total. The highest BCUT2D eigenvalue weighted by Crippen LogP contribution is 2.08. The van der Waals surface area contributed by atoms with Crippen LogP contribution in [0.15, 0.2) is 18.2 Å². The molecule has 1 unspecified atom stereocenters. The SMILES string of the molecule is Cc1cccc(CC(O)C(C)C)n1. The first kappa shape index (κ1) is 10.2. The molecular formula is C11H17NO. The highest BCUT2D eigenvalue weighted by molar-refractivity contribution is 5.10. The van der Waals surface area contributed by atoms with E-state index in [0.29, 0.717) is 12.3 Å². The minimum atomic E-state index is -0.283. The Morgan fingerprint density at radius 1 is 1.38 bits per heavy atom. The van der Waals surface area contributed by atoms with Crippen molar-refractivity contribution in [1.82, 2.24) is 4.98 Å². The lowest BCUT2D eigenvalue weighted by Crippen LogP contribution is -2.18. The van der Waals surface area contributed by atoms with Gasteiger partial charge in [-0.15, -0.1) is 0 Å². The van der Waals surface area contributed by atoms with Crippen LogP contribution in [0.4, 0.5) is 0 Å². The van der Waals surface area contributed by atoms with E-state index >= 15 is 0 Å². The highest BCUT2D eigenvalue weighted by atomic mass is 16.3. The van der Waals surface area contributed by atoms with Crippen LogP contribution in [0, 0.1) is 12.8 Å². The largest absolute Gasteiger partial charge is 0.392 e. The summed E-state index contributed by atoms with van der Waals surface area (Å²) < 4.78 is 0. The van der Waals surface area contributed by atoms with E-state index in [1.807, 2.05) is 39.0 Å². The van der Waals surface area contributed by atoms with E-state index in [9.17, 15) is 5.11 Å². The predicted molar refractivity (Wildman–Crippen MR) is 53.5 cm³/mol. The second-order valence-corrected chi connectivity index (χ2v) is 3.79. The zero-order valence-corrected chi connectivity index (χ0v) is 8.49. The van der Waals surface area contributed by atoms with Crippen LogP contribution in [0.3, 0.4) is 0 Å². The Labute approximate surface area is 79.6 Å². The molecule has 0 saturated heterocycles. The van der Waals surface area contributed by atoms with Gasteiger partial charge in [0.05, 0.1) is 6.10 Å². The molecule has 0 aromatic carbocycles. The maximum atomic E-state index is 9.63. The van der Waals surface area contributed by atoms with Gasteiger partial charge in [-0.05, 0) is 25.0 Å². The lowest BCUT2D eigenvalue weighted by Gasteiger charge is -2.13. The van der Waals surface area contributed by atoms with Gasteiger partial charge in [0.15, 0.2) is 0 Å². The second kappa shape index (κ2) is 4.38. The molecule has 0 aliphatic carbocycles. The Kier molecular flexibility index (Phi) is 3.43. The van der Waals surface area contributed by atoms with Gasteiger partial charge in [0, 0.05) is 17.8 Å². The number of hydrogen-bond acceptors (Lipinski definition) is 2. The smallest absolute Gasteiger partial charge is 0.0618 e. The van der Waals surface area contributed by atoms with Crippen molar-refractivity contribution in [1.29, 1.82) is 0 Å². The summed E-state index contributed by atoms with van der Waals surface area (Å²) >= 11 is 0. The summed E-state index contributed by atoms with van der Waals surface area (Å²) in [5.74, 6) is 0.294. The summed E-state index contributed by atoms with van der Waals surface area (Å²) in [4.78, 5) is 4.34. The van der Waals surface area contributed by atoms with Gasteiger partial charge in [-0.25, -0.2) is 0 Å². The van der Waals surface area contributed by atoms with E-state index in [1.54, 1.807) is 0 Å². The third-order valence-electron chi connectivity index (χ3n) is 2.13. The average Bonchev–Trinajstić information content (AvgIpc) is 2.04. The molecule has 0 saturated carbocycles. The summed E-state index contributed by atoms with van der Waals surface area (Å²) in [6, 6.07) is 5.90. The van der Waals surface area contributed by atoms with Gasteiger partial charge in [0.1, 0.15) is 0 Å². The normalized spacial score (nSPS) is 13.3. The maximum Gasteiger partial charge on any atom is 0.0618 e. The van der Waals surface area contributed by atoms with E-state index in [0.717, 1.165) is 11.4 Å². The van der Waals surface area contributed by atoms with E-state index < -0.39 is 0 Å². The monoisotopic (exact) mass is 179 g/mol. The molecule has 1 heterocycles. The Bertz CT molecular complexity index is 271. The van der Waals surface area contributed by atoms with Crippen LogP contribution in [0.2, 0.25) is 0 Å². The van der Waals surface area contributed by atoms with Gasteiger partial charge in [-0.2, -0.15) is 0 Å². The van der Waals surface area contributed by atoms with Gasteiger partial charge in [0.25, 0.3) is 0 Å². The second-order valence-electron chi connectivity index (χ2n) is 3.79. The Hall–Kier alpha value is -0.890. The Morgan fingerprint density at radius 3 is 2.62 bits per heavy atom. The Balaban J connectivity index is 2.64. The highest BCUT2D eigenvalue weighted by Gasteiger charge is 2.10. The fraction of sp³-hybridized carbons (Fsp3) is 0.545. The first-order chi connectivity index (χ1) is 6.09. The summed E-state index contributed by atoms with van der Waals surface area (Å²) in [7, 11) is 0. The number of pyridine rings is 1. The molecule has 0 spiro atoms. The number of hydrogen-bond donors (Lipinski definition) is 1. The number of rotatable bonds is 3. The predicted octanol–water partition coefficient (Wildman–Crippen LogP) is 1.95. The summed E-state index contributed by atoms with van der Waals surface area (Å²) in [5, 5.41) is 9.63. The number of nitrogens with zero attached hydrogens (tertiary/aromatic N) is 1. The van der Waals surface area contributed by atoms with Crippen molar-refractivity contribution in [2.45, 2.75) is 33.3 Å². The molecule has 13 heavy (non-hydrogen) atoms. The number of aromatic nitrogens is 1. The van der Waals surface area contributed by atoms with Crippen LogP contribution < -0.4 is 0 Å². The van der Waals surface area contributed by atoms with Gasteiger partial charge < -0.3 is 5.11 Å². The summed E-state index contributed by atoms with van der Waals surface area (Å²) in [6.07, 6.45) is 0.369. The van der Waals surface area contributed by atoms with Crippen molar-refractivity contribution in [2.24, 2.45) is 5.92 Å². The van der Waals surface area contributed by atoms with Crippen LogP contribution in [0.5, 0.6) is 0 Å². The average molecular weight is 179 g/mol. The molecule has 0 amide bonds. The fourth-order valence-electron chi connectivity index (χ4n) is 1.16. The first-order valence-electron chi connectivity index (χ1n) is 4.70. The number of aliphatic hydroxyl groups excluding tert-OH is 1. The molecular weight excluding hydrogens is 162 g/mol. The van der Waals surface area contributed by atoms with Gasteiger partial charge in [-0.1, -0.05) is 19.9 Å². The molecule has 1 aromatic rings.